The Labute approximate surface area is 118 Å². The van der Waals surface area contributed by atoms with E-state index in [0.29, 0.717) is 5.69 Å². The Kier molecular flexibility index (Phi) is 3.94. The highest BCUT2D eigenvalue weighted by atomic mass is 32.1. The number of carbonyl (C=O) groups excluding carboxylic acids is 1. The minimum Gasteiger partial charge on any atom is -0.508 e. The number of phenolic OH excluding ortho intramolecular Hbond substituents is 1. The van der Waals surface area contributed by atoms with Gasteiger partial charge in [-0.05, 0) is 19.1 Å². The van der Waals surface area contributed by atoms with Crippen molar-refractivity contribution in [2.24, 2.45) is 0 Å². The van der Waals surface area contributed by atoms with Gasteiger partial charge in [0.15, 0.2) is 0 Å². The average Bonchev–Trinajstić information content (AvgIpc) is 2.81. The van der Waals surface area contributed by atoms with Crippen LogP contribution in [0.3, 0.4) is 0 Å². The molecule has 104 valence electrons. The number of carbonyl (C=O) groups is 1. The molecule has 0 bridgehead atoms. The maximum Gasteiger partial charge on any atom is 0.282 e. The van der Waals surface area contributed by atoms with Crippen LogP contribution in [0.5, 0.6) is 5.75 Å². The fourth-order valence-corrected chi connectivity index (χ4v) is 2.23. The first kappa shape index (κ1) is 13.9. The van der Waals surface area contributed by atoms with Crippen LogP contribution in [0, 0.1) is 17.0 Å². The number of amides is 1. The number of aromatic hydroxyl groups is 1. The Hall–Kier alpha value is -2.48. The lowest BCUT2D eigenvalue weighted by Crippen LogP contribution is -2.23. The van der Waals surface area contributed by atoms with Gasteiger partial charge in [0.2, 0.25) is 0 Å². The Morgan fingerprint density at radius 1 is 1.55 bits per heavy atom. The highest BCUT2D eigenvalue weighted by Gasteiger charge is 2.20. The Bertz CT molecular complexity index is 668. The number of nitro benzene ring substituents is 1. The average molecular weight is 293 g/mol. The summed E-state index contributed by atoms with van der Waals surface area (Å²) in [5.41, 5.74) is 0.153. The van der Waals surface area contributed by atoms with Crippen LogP contribution in [-0.4, -0.2) is 20.9 Å². The van der Waals surface area contributed by atoms with Crippen molar-refractivity contribution in [2.45, 2.75) is 13.5 Å². The van der Waals surface area contributed by atoms with Crippen LogP contribution in [0.25, 0.3) is 0 Å². The van der Waals surface area contributed by atoms with E-state index >= 15 is 0 Å². The summed E-state index contributed by atoms with van der Waals surface area (Å²) in [6, 6.07) is 3.33. The summed E-state index contributed by atoms with van der Waals surface area (Å²) in [7, 11) is 0. The number of nitrogens with one attached hydrogen (secondary N) is 1. The number of benzene rings is 1. The zero-order chi connectivity index (χ0) is 14.7. The molecule has 2 N–H and O–H groups in total. The van der Waals surface area contributed by atoms with Gasteiger partial charge in [-0.25, -0.2) is 4.98 Å². The molecule has 2 rings (SSSR count). The second-order valence-electron chi connectivity index (χ2n) is 4.00. The molecule has 0 spiro atoms. The van der Waals surface area contributed by atoms with Gasteiger partial charge < -0.3 is 10.4 Å². The summed E-state index contributed by atoms with van der Waals surface area (Å²) in [4.78, 5) is 26.3. The highest BCUT2D eigenvalue weighted by Crippen LogP contribution is 2.23. The summed E-state index contributed by atoms with van der Waals surface area (Å²) in [6.45, 7) is 2.02. The second-order valence-corrected chi connectivity index (χ2v) is 5.06. The number of hydrogen-bond acceptors (Lipinski definition) is 6. The predicted octanol–water partition coefficient (Wildman–Crippen LogP) is 2.00. The first-order valence-corrected chi connectivity index (χ1v) is 6.52. The molecule has 2 aromatic rings. The smallest absolute Gasteiger partial charge is 0.282 e. The third-order valence-corrected chi connectivity index (χ3v) is 3.34. The van der Waals surface area contributed by atoms with Crippen LogP contribution in [-0.2, 0) is 6.54 Å². The summed E-state index contributed by atoms with van der Waals surface area (Å²) in [6.07, 6.45) is 0. The summed E-state index contributed by atoms with van der Waals surface area (Å²) in [5, 5.41) is 25.4. The number of aryl methyl sites for hydroxylation is 1. The van der Waals surface area contributed by atoms with Gasteiger partial charge in [0.05, 0.1) is 22.2 Å². The zero-order valence-corrected chi connectivity index (χ0v) is 11.3. The molecular formula is C12H11N3O4S. The van der Waals surface area contributed by atoms with Crippen molar-refractivity contribution >= 4 is 22.9 Å². The van der Waals surface area contributed by atoms with Crippen LogP contribution >= 0.6 is 11.3 Å². The van der Waals surface area contributed by atoms with Gasteiger partial charge >= 0.3 is 0 Å². The molecule has 1 aromatic carbocycles. The van der Waals surface area contributed by atoms with E-state index in [9.17, 15) is 20.0 Å². The molecule has 0 aliphatic heterocycles. The molecule has 0 aliphatic carbocycles. The minimum atomic E-state index is -0.665. The summed E-state index contributed by atoms with van der Waals surface area (Å²) >= 11 is 1.45. The topological polar surface area (TPSA) is 105 Å². The van der Waals surface area contributed by atoms with E-state index in [0.717, 1.165) is 17.1 Å². The molecule has 1 amide bonds. The van der Waals surface area contributed by atoms with Crippen molar-refractivity contribution in [2.75, 3.05) is 0 Å². The number of aromatic nitrogens is 1. The molecule has 1 aromatic heterocycles. The van der Waals surface area contributed by atoms with E-state index in [1.54, 1.807) is 5.38 Å². The first-order chi connectivity index (χ1) is 9.47. The lowest BCUT2D eigenvalue weighted by molar-refractivity contribution is -0.385. The van der Waals surface area contributed by atoms with Crippen molar-refractivity contribution in [1.29, 1.82) is 0 Å². The zero-order valence-electron chi connectivity index (χ0n) is 10.5. The van der Waals surface area contributed by atoms with Crippen molar-refractivity contribution < 1.29 is 14.8 Å². The van der Waals surface area contributed by atoms with E-state index < -0.39 is 10.8 Å². The molecular weight excluding hydrogens is 282 g/mol. The van der Waals surface area contributed by atoms with Gasteiger partial charge in [-0.1, -0.05) is 0 Å². The van der Waals surface area contributed by atoms with Crippen LogP contribution in [0.1, 0.15) is 21.1 Å². The van der Waals surface area contributed by atoms with E-state index in [4.69, 9.17) is 0 Å². The van der Waals surface area contributed by atoms with E-state index in [-0.39, 0.29) is 23.5 Å². The lowest BCUT2D eigenvalue weighted by Gasteiger charge is -2.05. The van der Waals surface area contributed by atoms with Gasteiger partial charge in [0.1, 0.15) is 11.3 Å². The predicted molar refractivity (Wildman–Crippen MR) is 72.8 cm³/mol. The number of hydrogen-bond donors (Lipinski definition) is 2. The van der Waals surface area contributed by atoms with E-state index in [2.05, 4.69) is 10.3 Å². The molecule has 1 heterocycles. The Balaban J connectivity index is 2.16. The van der Waals surface area contributed by atoms with Crippen molar-refractivity contribution in [3.63, 3.8) is 0 Å². The van der Waals surface area contributed by atoms with Crippen molar-refractivity contribution in [3.05, 3.63) is 50.0 Å². The maximum atomic E-state index is 12.0. The molecule has 0 fully saturated rings. The second kappa shape index (κ2) is 5.66. The fraction of sp³-hybridized carbons (Fsp3) is 0.167. The first-order valence-electron chi connectivity index (χ1n) is 5.64. The molecule has 8 heteroatoms. The number of phenols is 1. The standard InChI is InChI=1S/C12H11N3O4S/c1-7-14-8(6-20-7)5-13-12(17)10-4-9(16)2-3-11(10)15(18)19/h2-4,6,16H,5H2,1H3,(H,13,17). The number of thiazole rings is 1. The minimum absolute atomic E-state index is 0.177. The highest BCUT2D eigenvalue weighted by molar-refractivity contribution is 7.09. The molecule has 0 saturated carbocycles. The van der Waals surface area contributed by atoms with Gasteiger partial charge in [-0.2, -0.15) is 0 Å². The molecule has 0 radical (unpaired) electrons. The lowest BCUT2D eigenvalue weighted by atomic mass is 10.1. The molecule has 7 nitrogen and oxygen atoms in total. The Morgan fingerprint density at radius 3 is 2.90 bits per heavy atom. The maximum absolute atomic E-state index is 12.0. The molecule has 0 unspecified atom stereocenters. The number of nitro groups is 1. The van der Waals surface area contributed by atoms with Crippen molar-refractivity contribution in [3.8, 4) is 5.75 Å². The summed E-state index contributed by atoms with van der Waals surface area (Å²) in [5.74, 6) is -0.830. The fourth-order valence-electron chi connectivity index (χ4n) is 1.62. The number of nitrogens with zero attached hydrogens (tertiary/aromatic N) is 2. The molecule has 0 aliphatic rings. The van der Waals surface area contributed by atoms with Gasteiger partial charge in [0.25, 0.3) is 11.6 Å². The van der Waals surface area contributed by atoms with Gasteiger partial charge in [-0.15, -0.1) is 11.3 Å². The third kappa shape index (κ3) is 3.09. The third-order valence-electron chi connectivity index (χ3n) is 2.52. The Morgan fingerprint density at radius 2 is 2.30 bits per heavy atom. The van der Waals surface area contributed by atoms with Crippen LogP contribution in [0.2, 0.25) is 0 Å². The van der Waals surface area contributed by atoms with Gasteiger partial charge in [0, 0.05) is 11.4 Å². The molecule has 20 heavy (non-hydrogen) atoms. The largest absolute Gasteiger partial charge is 0.508 e. The van der Waals surface area contributed by atoms with Crippen LogP contribution in [0.4, 0.5) is 5.69 Å². The summed E-state index contributed by atoms with van der Waals surface area (Å²) < 4.78 is 0. The van der Waals surface area contributed by atoms with Gasteiger partial charge in [-0.3, -0.25) is 14.9 Å². The van der Waals surface area contributed by atoms with E-state index in [1.165, 1.54) is 17.4 Å². The van der Waals surface area contributed by atoms with Crippen LogP contribution in [0.15, 0.2) is 23.6 Å². The molecule has 0 saturated heterocycles. The number of rotatable bonds is 4. The van der Waals surface area contributed by atoms with Crippen LogP contribution < -0.4 is 5.32 Å². The normalized spacial score (nSPS) is 10.2. The molecule has 0 atom stereocenters. The monoisotopic (exact) mass is 293 g/mol. The van der Waals surface area contributed by atoms with Crippen molar-refractivity contribution in [1.82, 2.24) is 10.3 Å². The quantitative estimate of drug-likeness (QED) is 0.662. The SMILES string of the molecule is Cc1nc(CNC(=O)c2cc(O)ccc2[N+](=O)[O-])cs1. The van der Waals surface area contributed by atoms with E-state index in [1.807, 2.05) is 6.92 Å².